The number of hydrogen-bond acceptors (Lipinski definition) is 6. The number of para-hydroxylation sites is 2. The Morgan fingerprint density at radius 1 is 1.12 bits per heavy atom. The van der Waals surface area contributed by atoms with Crippen molar-refractivity contribution in [1.82, 2.24) is 15.2 Å². The van der Waals surface area contributed by atoms with Crippen LogP contribution in [0.25, 0.3) is 11.3 Å². The van der Waals surface area contributed by atoms with Crippen molar-refractivity contribution < 1.29 is 9.53 Å². The zero-order valence-electron chi connectivity index (χ0n) is 13.9. The van der Waals surface area contributed by atoms with Gasteiger partial charge in [-0.05, 0) is 12.1 Å². The number of amides is 1. The van der Waals surface area contributed by atoms with Crippen LogP contribution in [0.2, 0.25) is 0 Å². The van der Waals surface area contributed by atoms with Gasteiger partial charge in [0.2, 0.25) is 5.91 Å². The first-order valence-corrected chi connectivity index (χ1v) is 8.74. The monoisotopic (exact) mass is 368 g/mol. The Kier molecular flexibility index (Phi) is 5.65. The molecule has 7 nitrogen and oxygen atoms in total. The lowest BCUT2D eigenvalue weighted by Crippen LogP contribution is -2.17. The maximum absolute atomic E-state index is 12.2. The fourth-order valence-electron chi connectivity index (χ4n) is 2.24. The number of nitrogens with one attached hydrogen (secondary N) is 2. The second-order valence-electron chi connectivity index (χ2n) is 5.21. The Balaban J connectivity index is 1.64. The molecule has 1 heterocycles. The third-order valence-corrected chi connectivity index (χ3v) is 4.31. The van der Waals surface area contributed by atoms with E-state index in [0.717, 1.165) is 11.8 Å². The van der Waals surface area contributed by atoms with Crippen molar-refractivity contribution in [1.29, 1.82) is 0 Å². The first kappa shape index (κ1) is 17.7. The van der Waals surface area contributed by atoms with E-state index in [1.807, 2.05) is 24.3 Å². The Morgan fingerprint density at radius 3 is 2.58 bits per heavy atom. The van der Waals surface area contributed by atoms with Gasteiger partial charge in [0.05, 0.1) is 18.6 Å². The molecular weight excluding hydrogens is 352 g/mol. The average molecular weight is 368 g/mol. The van der Waals surface area contributed by atoms with E-state index in [1.165, 1.54) is 7.11 Å². The number of hydrogen-bond donors (Lipinski definition) is 2. The normalized spacial score (nSPS) is 10.3. The number of rotatable bonds is 6. The van der Waals surface area contributed by atoms with E-state index in [4.69, 9.17) is 4.74 Å². The number of nitrogens with zero attached hydrogens (tertiary/aromatic N) is 2. The minimum atomic E-state index is -0.348. The van der Waals surface area contributed by atoms with Crippen molar-refractivity contribution in [2.45, 2.75) is 5.16 Å². The summed E-state index contributed by atoms with van der Waals surface area (Å²) in [7, 11) is 1.54. The van der Waals surface area contributed by atoms with Crippen molar-refractivity contribution in [3.63, 3.8) is 0 Å². The lowest BCUT2D eigenvalue weighted by atomic mass is 10.2. The van der Waals surface area contributed by atoms with E-state index in [0.29, 0.717) is 17.0 Å². The topological polar surface area (TPSA) is 97.0 Å². The molecule has 0 bridgehead atoms. The molecule has 0 aliphatic carbocycles. The molecule has 8 heteroatoms. The van der Waals surface area contributed by atoms with Crippen LogP contribution in [-0.2, 0) is 4.79 Å². The molecule has 0 aliphatic heterocycles. The predicted molar refractivity (Wildman–Crippen MR) is 100 cm³/mol. The summed E-state index contributed by atoms with van der Waals surface area (Å²) in [6.45, 7) is 0. The van der Waals surface area contributed by atoms with Crippen molar-refractivity contribution in [3.05, 3.63) is 65.0 Å². The Bertz CT molecular complexity index is 960. The number of thioether (sulfide) groups is 1. The van der Waals surface area contributed by atoms with Gasteiger partial charge in [-0.2, -0.15) is 0 Å². The zero-order valence-corrected chi connectivity index (χ0v) is 14.7. The van der Waals surface area contributed by atoms with Crippen LogP contribution in [-0.4, -0.2) is 34.0 Å². The van der Waals surface area contributed by atoms with Gasteiger partial charge in [-0.25, -0.2) is 0 Å². The smallest absolute Gasteiger partial charge is 0.278 e. The number of aromatic amines is 1. The molecule has 2 N–H and O–H groups in total. The van der Waals surface area contributed by atoms with Gasteiger partial charge in [0.25, 0.3) is 5.56 Å². The molecule has 1 amide bonds. The molecule has 0 unspecified atom stereocenters. The number of methoxy groups -OCH3 is 1. The van der Waals surface area contributed by atoms with Crippen molar-refractivity contribution in [2.75, 3.05) is 18.2 Å². The summed E-state index contributed by atoms with van der Waals surface area (Å²) in [5, 5.41) is 11.0. The van der Waals surface area contributed by atoms with E-state index < -0.39 is 0 Å². The van der Waals surface area contributed by atoms with Crippen LogP contribution in [0.5, 0.6) is 5.75 Å². The van der Waals surface area contributed by atoms with Crippen LogP contribution in [0.15, 0.2) is 64.5 Å². The van der Waals surface area contributed by atoms with Gasteiger partial charge in [0, 0.05) is 5.56 Å². The number of benzene rings is 2. The molecule has 0 atom stereocenters. The number of H-pyrrole nitrogens is 1. The van der Waals surface area contributed by atoms with Crippen LogP contribution in [0.4, 0.5) is 5.69 Å². The number of carbonyl (C=O) groups is 1. The van der Waals surface area contributed by atoms with E-state index in [-0.39, 0.29) is 28.1 Å². The van der Waals surface area contributed by atoms with Gasteiger partial charge in [-0.15, -0.1) is 10.2 Å². The second-order valence-corrected chi connectivity index (χ2v) is 6.18. The zero-order chi connectivity index (χ0) is 18.4. The molecule has 26 heavy (non-hydrogen) atoms. The molecule has 0 saturated carbocycles. The highest BCUT2D eigenvalue weighted by Gasteiger charge is 2.11. The molecule has 132 valence electrons. The Labute approximate surface area is 153 Å². The summed E-state index contributed by atoms with van der Waals surface area (Å²) in [5.74, 6) is 0.411. The highest BCUT2D eigenvalue weighted by Crippen LogP contribution is 2.23. The van der Waals surface area contributed by atoms with Crippen molar-refractivity contribution in [2.24, 2.45) is 0 Å². The SMILES string of the molecule is COc1ccccc1NC(=O)CSc1nnc(-c2ccccc2)c(=O)[nH]1. The van der Waals surface area contributed by atoms with Gasteiger partial charge < -0.3 is 10.1 Å². The van der Waals surface area contributed by atoms with Crippen LogP contribution >= 0.6 is 11.8 Å². The van der Waals surface area contributed by atoms with Gasteiger partial charge in [0.15, 0.2) is 10.9 Å². The summed E-state index contributed by atoms with van der Waals surface area (Å²) in [5.41, 5.74) is 1.17. The van der Waals surface area contributed by atoms with Gasteiger partial charge in [-0.3, -0.25) is 14.6 Å². The van der Waals surface area contributed by atoms with Gasteiger partial charge in [0.1, 0.15) is 5.75 Å². The molecule has 0 saturated heterocycles. The highest BCUT2D eigenvalue weighted by molar-refractivity contribution is 7.99. The molecular formula is C18H16N4O3S. The minimum Gasteiger partial charge on any atom is -0.495 e. The third kappa shape index (κ3) is 4.28. The number of ether oxygens (including phenoxy) is 1. The third-order valence-electron chi connectivity index (χ3n) is 3.44. The standard InChI is InChI=1S/C18H16N4O3S/c1-25-14-10-6-5-9-13(14)19-15(23)11-26-18-20-17(24)16(21-22-18)12-7-3-2-4-8-12/h2-10H,11H2,1H3,(H,19,23)(H,20,22,24). The fraction of sp³-hybridized carbons (Fsp3) is 0.111. The largest absolute Gasteiger partial charge is 0.495 e. The second kappa shape index (κ2) is 8.30. The summed E-state index contributed by atoms with van der Waals surface area (Å²) in [6, 6.07) is 16.2. The Hall–Kier alpha value is -3.13. The molecule has 0 spiro atoms. The minimum absolute atomic E-state index is 0.0767. The lowest BCUT2D eigenvalue weighted by molar-refractivity contribution is -0.113. The molecule has 1 aromatic heterocycles. The van der Waals surface area contributed by atoms with Crippen LogP contribution in [0.3, 0.4) is 0 Å². The summed E-state index contributed by atoms with van der Waals surface area (Å²) in [4.78, 5) is 26.9. The molecule has 2 aromatic carbocycles. The number of anilines is 1. The van der Waals surface area contributed by atoms with Gasteiger partial charge >= 0.3 is 0 Å². The lowest BCUT2D eigenvalue weighted by Gasteiger charge is -2.09. The number of aromatic nitrogens is 3. The quantitative estimate of drug-likeness (QED) is 0.649. The highest BCUT2D eigenvalue weighted by atomic mass is 32.2. The summed E-state index contributed by atoms with van der Waals surface area (Å²) >= 11 is 1.10. The van der Waals surface area contributed by atoms with Crippen LogP contribution in [0, 0.1) is 0 Å². The maximum atomic E-state index is 12.2. The van der Waals surface area contributed by atoms with Crippen molar-refractivity contribution >= 4 is 23.4 Å². The van der Waals surface area contributed by atoms with E-state index in [1.54, 1.807) is 30.3 Å². The van der Waals surface area contributed by atoms with E-state index in [2.05, 4.69) is 20.5 Å². The predicted octanol–water partition coefficient (Wildman–Crippen LogP) is 2.57. The molecule has 0 radical (unpaired) electrons. The van der Waals surface area contributed by atoms with Crippen LogP contribution < -0.4 is 15.6 Å². The molecule has 3 rings (SSSR count). The van der Waals surface area contributed by atoms with Crippen LogP contribution in [0.1, 0.15) is 0 Å². The molecule has 3 aromatic rings. The first-order valence-electron chi connectivity index (χ1n) is 7.75. The number of carbonyl (C=O) groups excluding carboxylic acids is 1. The molecule has 0 aliphatic rings. The summed E-state index contributed by atoms with van der Waals surface area (Å²) < 4.78 is 5.19. The van der Waals surface area contributed by atoms with E-state index in [9.17, 15) is 9.59 Å². The molecule has 0 fully saturated rings. The first-order chi connectivity index (χ1) is 12.7. The van der Waals surface area contributed by atoms with E-state index >= 15 is 0 Å². The average Bonchev–Trinajstić information content (AvgIpc) is 2.67. The Morgan fingerprint density at radius 2 is 1.85 bits per heavy atom. The fourth-order valence-corrected chi connectivity index (χ4v) is 2.84. The summed E-state index contributed by atoms with van der Waals surface area (Å²) in [6.07, 6.45) is 0. The van der Waals surface area contributed by atoms with Gasteiger partial charge in [-0.1, -0.05) is 54.2 Å². The maximum Gasteiger partial charge on any atom is 0.278 e. The van der Waals surface area contributed by atoms with Crippen molar-refractivity contribution in [3.8, 4) is 17.0 Å².